The SMILES string of the molecule is NNC(c1cncc(F)c1)c1cc2cc(Cl)ccc2o1. The van der Waals surface area contributed by atoms with Crippen molar-refractivity contribution in [1.82, 2.24) is 10.4 Å². The fourth-order valence-corrected chi connectivity index (χ4v) is 2.29. The van der Waals surface area contributed by atoms with Crippen LogP contribution in [-0.4, -0.2) is 4.98 Å². The Balaban J connectivity index is 2.07. The number of nitrogens with one attached hydrogen (secondary N) is 1. The first-order valence-electron chi connectivity index (χ1n) is 5.93. The maximum absolute atomic E-state index is 13.3. The van der Waals surface area contributed by atoms with Gasteiger partial charge in [-0.1, -0.05) is 11.6 Å². The van der Waals surface area contributed by atoms with Gasteiger partial charge in [0.1, 0.15) is 23.2 Å². The Hall–Kier alpha value is -1.95. The lowest BCUT2D eigenvalue weighted by Gasteiger charge is -2.12. The molecule has 2 aromatic heterocycles. The Bertz CT molecular complexity index is 759. The molecule has 4 nitrogen and oxygen atoms in total. The Morgan fingerprint density at radius 2 is 2.10 bits per heavy atom. The molecule has 1 aromatic carbocycles. The highest BCUT2D eigenvalue weighted by atomic mass is 35.5. The van der Waals surface area contributed by atoms with E-state index in [0.29, 0.717) is 21.9 Å². The molecule has 6 heteroatoms. The average Bonchev–Trinajstić information content (AvgIpc) is 2.82. The van der Waals surface area contributed by atoms with Gasteiger partial charge in [-0.15, -0.1) is 0 Å². The Morgan fingerprint density at radius 3 is 2.85 bits per heavy atom. The fourth-order valence-electron chi connectivity index (χ4n) is 2.11. The van der Waals surface area contributed by atoms with Gasteiger partial charge in [-0.2, -0.15) is 0 Å². The Labute approximate surface area is 119 Å². The summed E-state index contributed by atoms with van der Waals surface area (Å²) in [5.74, 6) is 5.69. The van der Waals surface area contributed by atoms with Gasteiger partial charge in [0.15, 0.2) is 0 Å². The summed E-state index contributed by atoms with van der Waals surface area (Å²) in [6, 6.07) is 8.00. The molecule has 1 atom stereocenters. The van der Waals surface area contributed by atoms with Gasteiger partial charge in [-0.25, -0.2) is 9.82 Å². The number of rotatable bonds is 3. The number of hydrogen-bond donors (Lipinski definition) is 2. The molecule has 0 aliphatic heterocycles. The van der Waals surface area contributed by atoms with Crippen molar-refractivity contribution >= 4 is 22.6 Å². The number of pyridine rings is 1. The van der Waals surface area contributed by atoms with Gasteiger partial charge < -0.3 is 4.42 Å². The molecule has 0 fully saturated rings. The van der Waals surface area contributed by atoms with Crippen molar-refractivity contribution < 1.29 is 8.81 Å². The molecule has 0 aliphatic rings. The number of fused-ring (bicyclic) bond motifs is 1. The minimum absolute atomic E-state index is 0.429. The van der Waals surface area contributed by atoms with E-state index in [-0.39, 0.29) is 0 Å². The van der Waals surface area contributed by atoms with E-state index in [1.54, 1.807) is 18.2 Å². The number of nitrogens with zero attached hydrogens (tertiary/aromatic N) is 1. The second kappa shape index (κ2) is 5.20. The monoisotopic (exact) mass is 291 g/mol. The van der Waals surface area contributed by atoms with Gasteiger partial charge in [-0.3, -0.25) is 10.8 Å². The van der Waals surface area contributed by atoms with Crippen molar-refractivity contribution in [3.63, 3.8) is 0 Å². The third-order valence-corrected chi connectivity index (χ3v) is 3.24. The summed E-state index contributed by atoms with van der Waals surface area (Å²) in [7, 11) is 0. The van der Waals surface area contributed by atoms with E-state index >= 15 is 0 Å². The van der Waals surface area contributed by atoms with E-state index in [9.17, 15) is 4.39 Å². The second-order valence-electron chi connectivity index (χ2n) is 4.37. The van der Waals surface area contributed by atoms with Crippen molar-refractivity contribution in [1.29, 1.82) is 0 Å². The molecule has 3 aromatic rings. The maximum Gasteiger partial charge on any atom is 0.141 e. The molecular formula is C14H11ClFN3O. The number of aromatic nitrogens is 1. The van der Waals surface area contributed by atoms with Crippen LogP contribution >= 0.6 is 11.6 Å². The van der Waals surface area contributed by atoms with Crippen molar-refractivity contribution in [3.8, 4) is 0 Å². The van der Waals surface area contributed by atoms with E-state index in [1.165, 1.54) is 12.3 Å². The summed E-state index contributed by atoms with van der Waals surface area (Å²) in [5, 5.41) is 1.48. The molecule has 2 heterocycles. The Morgan fingerprint density at radius 1 is 1.25 bits per heavy atom. The first-order valence-corrected chi connectivity index (χ1v) is 6.31. The zero-order chi connectivity index (χ0) is 14.1. The van der Waals surface area contributed by atoms with Crippen molar-refractivity contribution in [2.24, 2.45) is 5.84 Å². The molecular weight excluding hydrogens is 281 g/mol. The second-order valence-corrected chi connectivity index (χ2v) is 4.80. The summed E-state index contributed by atoms with van der Waals surface area (Å²) in [5.41, 5.74) is 3.87. The molecule has 3 N–H and O–H groups in total. The highest BCUT2D eigenvalue weighted by Crippen LogP contribution is 2.29. The lowest BCUT2D eigenvalue weighted by atomic mass is 10.1. The van der Waals surface area contributed by atoms with Gasteiger partial charge in [0.2, 0.25) is 0 Å². The Kier molecular flexibility index (Phi) is 3.40. The molecule has 102 valence electrons. The molecule has 0 aliphatic carbocycles. The van der Waals surface area contributed by atoms with Crippen molar-refractivity contribution in [3.05, 3.63) is 64.9 Å². The van der Waals surface area contributed by atoms with E-state index in [1.807, 2.05) is 6.07 Å². The summed E-state index contributed by atoms with van der Waals surface area (Å²) >= 11 is 5.94. The minimum Gasteiger partial charge on any atom is -0.459 e. The normalized spacial score (nSPS) is 12.8. The lowest BCUT2D eigenvalue weighted by Crippen LogP contribution is -2.28. The molecule has 0 saturated heterocycles. The standard InChI is InChI=1S/C14H11ClFN3O/c15-10-1-2-12-8(3-10)5-13(20-12)14(19-17)9-4-11(16)7-18-6-9/h1-7,14,19H,17H2. The predicted molar refractivity (Wildman–Crippen MR) is 74.6 cm³/mol. The number of nitrogens with two attached hydrogens (primary N) is 1. The lowest BCUT2D eigenvalue weighted by molar-refractivity contribution is 0.474. The van der Waals surface area contributed by atoms with Crippen LogP contribution in [0, 0.1) is 5.82 Å². The first kappa shape index (κ1) is 13.1. The largest absolute Gasteiger partial charge is 0.459 e. The van der Waals surface area contributed by atoms with Gasteiger partial charge in [0.25, 0.3) is 0 Å². The van der Waals surface area contributed by atoms with Gasteiger partial charge >= 0.3 is 0 Å². The minimum atomic E-state index is -0.482. The van der Waals surface area contributed by atoms with Crippen LogP contribution in [0.1, 0.15) is 17.4 Å². The smallest absolute Gasteiger partial charge is 0.141 e. The summed E-state index contributed by atoms with van der Waals surface area (Å²) < 4.78 is 19.0. The zero-order valence-corrected chi connectivity index (χ0v) is 11.1. The quantitative estimate of drug-likeness (QED) is 0.575. The summed E-state index contributed by atoms with van der Waals surface area (Å²) in [6.07, 6.45) is 2.67. The topological polar surface area (TPSA) is 64.1 Å². The van der Waals surface area contributed by atoms with Crippen LogP contribution in [0.3, 0.4) is 0 Å². The van der Waals surface area contributed by atoms with Gasteiger partial charge in [0.05, 0.1) is 6.20 Å². The van der Waals surface area contributed by atoms with E-state index < -0.39 is 11.9 Å². The number of furan rings is 1. The van der Waals surface area contributed by atoms with E-state index in [2.05, 4.69) is 10.4 Å². The molecule has 3 rings (SSSR count). The maximum atomic E-state index is 13.3. The number of hydrazine groups is 1. The van der Waals surface area contributed by atoms with Crippen molar-refractivity contribution in [2.45, 2.75) is 6.04 Å². The van der Waals surface area contributed by atoms with E-state index in [0.717, 1.165) is 11.6 Å². The van der Waals surface area contributed by atoms with Gasteiger partial charge in [0, 0.05) is 16.6 Å². The van der Waals surface area contributed by atoms with Crippen LogP contribution in [0.5, 0.6) is 0 Å². The summed E-state index contributed by atoms with van der Waals surface area (Å²) in [6.45, 7) is 0. The highest BCUT2D eigenvalue weighted by Gasteiger charge is 2.18. The molecule has 0 saturated carbocycles. The van der Waals surface area contributed by atoms with Crippen LogP contribution in [0.25, 0.3) is 11.0 Å². The highest BCUT2D eigenvalue weighted by molar-refractivity contribution is 6.31. The number of halogens is 2. The number of benzene rings is 1. The molecule has 1 unspecified atom stereocenters. The van der Waals surface area contributed by atoms with Gasteiger partial charge in [-0.05, 0) is 35.9 Å². The van der Waals surface area contributed by atoms with Crippen LogP contribution < -0.4 is 11.3 Å². The van der Waals surface area contributed by atoms with Crippen LogP contribution in [0.15, 0.2) is 47.1 Å². The van der Waals surface area contributed by atoms with Crippen LogP contribution in [0.2, 0.25) is 5.02 Å². The van der Waals surface area contributed by atoms with E-state index in [4.69, 9.17) is 21.9 Å². The number of hydrogen-bond acceptors (Lipinski definition) is 4. The third kappa shape index (κ3) is 2.38. The molecule has 0 spiro atoms. The third-order valence-electron chi connectivity index (χ3n) is 3.01. The molecule has 0 amide bonds. The van der Waals surface area contributed by atoms with Crippen molar-refractivity contribution in [2.75, 3.05) is 0 Å². The molecule has 20 heavy (non-hydrogen) atoms. The van der Waals surface area contributed by atoms with Crippen LogP contribution in [0.4, 0.5) is 4.39 Å². The fraction of sp³-hybridized carbons (Fsp3) is 0.0714. The first-order chi connectivity index (χ1) is 9.67. The predicted octanol–water partition coefficient (Wildman–Crippen LogP) is 3.17. The average molecular weight is 292 g/mol. The summed E-state index contributed by atoms with van der Waals surface area (Å²) in [4.78, 5) is 3.81. The zero-order valence-electron chi connectivity index (χ0n) is 10.3. The molecule has 0 bridgehead atoms. The van der Waals surface area contributed by atoms with Crippen LogP contribution in [-0.2, 0) is 0 Å². The molecule has 0 radical (unpaired) electrons.